The Kier molecular flexibility index (Phi) is 3.15. The molecule has 1 aliphatic heterocycles. The molecule has 0 aromatic carbocycles. The Hall–Kier alpha value is -1.06. The molecule has 2 rings (SSSR count). The van der Waals surface area contributed by atoms with Gasteiger partial charge in [0.15, 0.2) is 0 Å². The highest BCUT2D eigenvalue weighted by molar-refractivity contribution is 5.78. The van der Waals surface area contributed by atoms with Crippen molar-refractivity contribution < 1.29 is 14.7 Å². The highest BCUT2D eigenvalue weighted by Gasteiger charge is 2.48. The minimum Gasteiger partial charge on any atom is -0.481 e. The van der Waals surface area contributed by atoms with Gasteiger partial charge in [-0.05, 0) is 31.1 Å². The van der Waals surface area contributed by atoms with Gasteiger partial charge in [0, 0.05) is 19.0 Å². The number of carboxylic acid groups (broad SMARTS) is 1. The normalized spacial score (nSPS) is 23.8. The van der Waals surface area contributed by atoms with Crippen LogP contribution in [0.5, 0.6) is 0 Å². The van der Waals surface area contributed by atoms with Gasteiger partial charge in [0.2, 0.25) is 5.91 Å². The minimum atomic E-state index is -0.656. The monoisotopic (exact) mass is 239 g/mol. The first-order chi connectivity index (χ1) is 7.93. The number of nitrogens with zero attached hydrogens (tertiary/aromatic N) is 1. The zero-order chi connectivity index (χ0) is 12.6. The van der Waals surface area contributed by atoms with Gasteiger partial charge in [-0.25, -0.2) is 0 Å². The van der Waals surface area contributed by atoms with E-state index in [0.29, 0.717) is 0 Å². The third-order valence-corrected chi connectivity index (χ3v) is 4.34. The molecule has 0 atom stereocenters. The molecule has 1 spiro atoms. The van der Waals surface area contributed by atoms with E-state index in [4.69, 9.17) is 5.11 Å². The van der Waals surface area contributed by atoms with Crippen LogP contribution in [0, 0.1) is 17.3 Å². The van der Waals surface area contributed by atoms with Gasteiger partial charge in [-0.2, -0.15) is 0 Å². The highest BCUT2D eigenvalue weighted by atomic mass is 16.4. The molecular weight excluding hydrogens is 218 g/mol. The van der Waals surface area contributed by atoms with Crippen molar-refractivity contribution in [3.63, 3.8) is 0 Å². The van der Waals surface area contributed by atoms with Crippen LogP contribution in [0.2, 0.25) is 0 Å². The maximum absolute atomic E-state index is 11.8. The number of aliphatic carboxylic acids is 1. The summed E-state index contributed by atoms with van der Waals surface area (Å²) in [7, 11) is 0. The predicted octanol–water partition coefficient (Wildman–Crippen LogP) is 1.75. The molecular formula is C13H21NO3. The quantitative estimate of drug-likeness (QED) is 0.798. The molecule has 96 valence electrons. The molecule has 1 saturated carbocycles. The number of hydrogen-bond acceptors (Lipinski definition) is 2. The molecule has 4 heteroatoms. The molecule has 2 fully saturated rings. The van der Waals surface area contributed by atoms with Crippen molar-refractivity contribution in [2.24, 2.45) is 17.3 Å². The molecule has 1 heterocycles. The van der Waals surface area contributed by atoms with E-state index in [9.17, 15) is 9.59 Å². The molecule has 0 unspecified atom stereocenters. The summed E-state index contributed by atoms with van der Waals surface area (Å²) in [5.74, 6) is -0.496. The fourth-order valence-corrected chi connectivity index (χ4v) is 3.14. The number of carboxylic acids is 1. The summed E-state index contributed by atoms with van der Waals surface area (Å²) in [6.45, 7) is 5.47. The maximum atomic E-state index is 11.8. The van der Waals surface area contributed by atoms with Crippen LogP contribution >= 0.6 is 0 Å². The first-order valence-corrected chi connectivity index (χ1v) is 6.45. The third kappa shape index (κ3) is 2.31. The lowest BCUT2D eigenvalue weighted by Gasteiger charge is -2.51. The zero-order valence-electron chi connectivity index (χ0n) is 10.6. The molecule has 0 radical (unpaired) electrons. The van der Waals surface area contributed by atoms with Crippen molar-refractivity contribution in [3.05, 3.63) is 0 Å². The second-order valence-corrected chi connectivity index (χ2v) is 5.92. The van der Waals surface area contributed by atoms with Crippen molar-refractivity contribution >= 4 is 11.9 Å². The van der Waals surface area contributed by atoms with Crippen LogP contribution in [0.3, 0.4) is 0 Å². The van der Waals surface area contributed by atoms with Crippen LogP contribution < -0.4 is 0 Å². The average molecular weight is 239 g/mol. The summed E-state index contributed by atoms with van der Waals surface area (Å²) in [6.07, 6.45) is 3.59. The van der Waals surface area contributed by atoms with Gasteiger partial charge in [-0.3, -0.25) is 9.59 Å². The van der Waals surface area contributed by atoms with Gasteiger partial charge in [-0.15, -0.1) is 0 Å². The minimum absolute atomic E-state index is 0.0669. The molecule has 2 aliphatic rings. The summed E-state index contributed by atoms with van der Waals surface area (Å²) in [5.41, 5.74) is 0.233. The number of carbonyl (C=O) groups is 2. The molecule has 4 nitrogen and oxygen atoms in total. The standard InChI is InChI=1S/C13H21NO3/c1-9(2)11(15)14-5-3-13(4-6-14)7-10(8-13)12(16)17/h9-10H,3-8H2,1-2H3,(H,16,17). The first-order valence-electron chi connectivity index (χ1n) is 6.45. The van der Waals surface area contributed by atoms with E-state index in [2.05, 4.69) is 0 Å². The van der Waals surface area contributed by atoms with Crippen LogP contribution in [0.1, 0.15) is 39.5 Å². The van der Waals surface area contributed by atoms with Gasteiger partial charge in [0.05, 0.1) is 5.92 Å². The molecule has 1 aliphatic carbocycles. The van der Waals surface area contributed by atoms with E-state index >= 15 is 0 Å². The molecule has 1 amide bonds. The average Bonchev–Trinajstić information content (AvgIpc) is 2.24. The van der Waals surface area contributed by atoms with Gasteiger partial charge >= 0.3 is 5.97 Å². The van der Waals surface area contributed by atoms with E-state index in [1.54, 1.807) is 0 Å². The molecule has 1 N–H and O–H groups in total. The number of rotatable bonds is 2. The highest BCUT2D eigenvalue weighted by Crippen LogP contribution is 2.52. The Bertz CT molecular complexity index is 322. The molecule has 0 bridgehead atoms. The van der Waals surface area contributed by atoms with Gasteiger partial charge in [0.25, 0.3) is 0 Å². The Morgan fingerprint density at radius 1 is 1.24 bits per heavy atom. The van der Waals surface area contributed by atoms with Gasteiger partial charge < -0.3 is 10.0 Å². The fraction of sp³-hybridized carbons (Fsp3) is 0.846. The van der Waals surface area contributed by atoms with E-state index < -0.39 is 5.97 Å². The van der Waals surface area contributed by atoms with Crippen molar-refractivity contribution in [1.29, 1.82) is 0 Å². The van der Waals surface area contributed by atoms with Crippen LogP contribution in [-0.2, 0) is 9.59 Å². The largest absolute Gasteiger partial charge is 0.481 e. The summed E-state index contributed by atoms with van der Waals surface area (Å²) in [5, 5.41) is 8.90. The molecule has 1 saturated heterocycles. The Balaban J connectivity index is 1.84. The Labute approximate surface area is 102 Å². The lowest BCUT2D eigenvalue weighted by atomic mass is 9.57. The van der Waals surface area contributed by atoms with E-state index in [-0.39, 0.29) is 23.2 Å². The predicted molar refractivity (Wildman–Crippen MR) is 63.4 cm³/mol. The smallest absolute Gasteiger partial charge is 0.306 e. The lowest BCUT2D eigenvalue weighted by molar-refractivity contribution is -0.154. The third-order valence-electron chi connectivity index (χ3n) is 4.34. The van der Waals surface area contributed by atoms with Crippen LogP contribution in [0.25, 0.3) is 0 Å². The van der Waals surface area contributed by atoms with Crippen LogP contribution in [0.15, 0.2) is 0 Å². The summed E-state index contributed by atoms with van der Waals surface area (Å²) in [6, 6.07) is 0. The summed E-state index contributed by atoms with van der Waals surface area (Å²) >= 11 is 0. The van der Waals surface area contributed by atoms with Crippen LogP contribution in [0.4, 0.5) is 0 Å². The molecule has 0 aromatic heterocycles. The summed E-state index contributed by atoms with van der Waals surface area (Å²) < 4.78 is 0. The van der Waals surface area contributed by atoms with Gasteiger partial charge in [-0.1, -0.05) is 13.8 Å². The van der Waals surface area contributed by atoms with Crippen molar-refractivity contribution in [3.8, 4) is 0 Å². The number of amides is 1. The zero-order valence-corrected chi connectivity index (χ0v) is 10.6. The summed E-state index contributed by atoms with van der Waals surface area (Å²) in [4.78, 5) is 24.6. The molecule has 0 aromatic rings. The van der Waals surface area contributed by atoms with Gasteiger partial charge in [0.1, 0.15) is 0 Å². The number of carbonyl (C=O) groups excluding carboxylic acids is 1. The maximum Gasteiger partial charge on any atom is 0.306 e. The fourth-order valence-electron chi connectivity index (χ4n) is 3.14. The van der Waals surface area contributed by atoms with Crippen LogP contribution in [-0.4, -0.2) is 35.0 Å². The lowest BCUT2D eigenvalue weighted by Crippen LogP contribution is -2.50. The van der Waals surface area contributed by atoms with Crippen molar-refractivity contribution in [1.82, 2.24) is 4.90 Å². The molecule has 17 heavy (non-hydrogen) atoms. The van der Waals surface area contributed by atoms with Crippen molar-refractivity contribution in [2.75, 3.05) is 13.1 Å². The second kappa shape index (κ2) is 4.31. The Morgan fingerprint density at radius 3 is 2.18 bits per heavy atom. The number of hydrogen-bond donors (Lipinski definition) is 1. The topological polar surface area (TPSA) is 57.6 Å². The second-order valence-electron chi connectivity index (χ2n) is 5.92. The van der Waals surface area contributed by atoms with E-state index in [1.165, 1.54) is 0 Å². The first kappa shape index (κ1) is 12.4. The number of piperidine rings is 1. The van der Waals surface area contributed by atoms with Crippen molar-refractivity contribution in [2.45, 2.75) is 39.5 Å². The number of likely N-dealkylation sites (tertiary alicyclic amines) is 1. The van der Waals surface area contributed by atoms with E-state index in [0.717, 1.165) is 38.8 Å². The SMILES string of the molecule is CC(C)C(=O)N1CCC2(CC1)CC(C(=O)O)C2. The van der Waals surface area contributed by atoms with E-state index in [1.807, 2.05) is 18.7 Å². The Morgan fingerprint density at radius 2 is 1.76 bits per heavy atom.